The minimum absolute atomic E-state index is 0. The van der Waals surface area contributed by atoms with Gasteiger partial charge in [0.2, 0.25) is 10.0 Å². The number of primary sulfonamides is 1. The van der Waals surface area contributed by atoms with Crippen molar-refractivity contribution in [2.75, 3.05) is 26.2 Å². The quantitative estimate of drug-likeness (QED) is 0.266. The molecule has 0 spiro atoms. The molecule has 5 N–H and O–H groups in total. The average molecular weight is 555 g/mol. The third-order valence-electron chi connectivity index (χ3n) is 4.39. The van der Waals surface area contributed by atoms with Crippen molar-refractivity contribution in [2.45, 2.75) is 11.3 Å². The summed E-state index contributed by atoms with van der Waals surface area (Å²) >= 11 is 0. The predicted molar refractivity (Wildman–Crippen MR) is 120 cm³/mol. The molecule has 2 aromatic rings. The van der Waals surface area contributed by atoms with Crippen molar-refractivity contribution in [3.05, 3.63) is 65.0 Å². The number of carbonyl (C=O) groups is 4. The Kier molecular flexibility index (Phi) is 11.5. The Morgan fingerprint density at radius 3 is 2.09 bits per heavy atom. The third-order valence-corrected chi connectivity index (χ3v) is 5.32. The number of aliphatic carboxylic acids is 2. The van der Waals surface area contributed by atoms with Crippen LogP contribution >= 0.6 is 0 Å². The zero-order valence-electron chi connectivity index (χ0n) is 18.2. The second-order valence-electron chi connectivity index (χ2n) is 7.18. The first-order valence-corrected chi connectivity index (χ1v) is 11.4. The van der Waals surface area contributed by atoms with E-state index in [2.05, 4.69) is 10.6 Å². The second kappa shape index (κ2) is 13.6. The van der Waals surface area contributed by atoms with Crippen LogP contribution in [0.1, 0.15) is 15.9 Å². The van der Waals surface area contributed by atoms with E-state index in [1.165, 1.54) is 36.4 Å². The van der Waals surface area contributed by atoms with Gasteiger partial charge in [-0.05, 0) is 30.2 Å². The van der Waals surface area contributed by atoms with Gasteiger partial charge in [0.15, 0.2) is 0 Å². The third kappa shape index (κ3) is 10.7. The molecule has 12 nitrogen and oxygen atoms in total. The van der Waals surface area contributed by atoms with Gasteiger partial charge in [-0.25, -0.2) is 13.6 Å². The van der Waals surface area contributed by atoms with Gasteiger partial charge in [-0.15, -0.1) is 5.69 Å². The van der Waals surface area contributed by atoms with E-state index in [4.69, 9.17) is 15.4 Å². The molecule has 0 saturated heterocycles. The minimum atomic E-state index is -3.78. The van der Waals surface area contributed by atoms with E-state index in [0.717, 1.165) is 10.5 Å². The number of sulfonamides is 1. The van der Waals surface area contributed by atoms with E-state index in [9.17, 15) is 27.6 Å². The Morgan fingerprint density at radius 2 is 1.54 bits per heavy atom. The summed E-state index contributed by atoms with van der Waals surface area (Å²) in [6.07, 6.45) is 0.433. The Bertz CT molecular complexity index is 1160. The first-order chi connectivity index (χ1) is 15.9. The standard InChI is InChI=1S/C21H24N4O8S.Cu/c22-34(32,33)17-6-4-14(5-7-17)8-9-23-21(31)15-2-1-3-16(10-15)24-18(26)11-25(12-19(27)28)13-20(29)30;/h1-7,10H,8-9,11-13H2,(H6,22,23,24,26,27,28,29,30,31,32,33);/q;+2/p-1. The van der Waals surface area contributed by atoms with Crippen LogP contribution in [0.25, 0.3) is 5.32 Å². The normalized spacial score (nSPS) is 10.8. The van der Waals surface area contributed by atoms with Gasteiger partial charge >= 0.3 is 29.0 Å². The number of carbonyl (C=O) groups excluding carboxylic acids is 2. The van der Waals surface area contributed by atoms with E-state index in [-0.39, 0.29) is 39.8 Å². The molecule has 2 rings (SSSR count). The fourth-order valence-corrected chi connectivity index (χ4v) is 3.42. The molecule has 0 atom stereocenters. The van der Waals surface area contributed by atoms with Gasteiger partial charge in [0.25, 0.3) is 5.91 Å². The summed E-state index contributed by atoms with van der Waals surface area (Å²) in [5.74, 6) is -3.76. The summed E-state index contributed by atoms with van der Waals surface area (Å²) in [7, 11) is -3.78. The van der Waals surface area contributed by atoms with Crippen LogP contribution < -0.4 is 10.5 Å². The van der Waals surface area contributed by atoms with Gasteiger partial charge in [-0.1, -0.05) is 30.3 Å². The van der Waals surface area contributed by atoms with Gasteiger partial charge < -0.3 is 25.6 Å². The van der Waals surface area contributed by atoms with Crippen LogP contribution in [0.5, 0.6) is 0 Å². The van der Waals surface area contributed by atoms with Crippen LogP contribution in [0, 0.1) is 0 Å². The maximum Gasteiger partial charge on any atom is 2.00 e. The fraction of sp³-hybridized carbons (Fsp3) is 0.238. The molecule has 0 aromatic heterocycles. The number of nitrogens with two attached hydrogens (primary N) is 1. The molecular weight excluding hydrogens is 532 g/mol. The molecule has 0 bridgehead atoms. The summed E-state index contributed by atoms with van der Waals surface area (Å²) in [6.45, 7) is -1.53. The topological polar surface area (TPSA) is 198 Å². The molecule has 0 aliphatic carbocycles. The van der Waals surface area contributed by atoms with Crippen molar-refractivity contribution >= 4 is 39.5 Å². The number of carboxylic acids is 2. The van der Waals surface area contributed by atoms with Crippen molar-refractivity contribution in [1.29, 1.82) is 0 Å². The zero-order valence-corrected chi connectivity index (χ0v) is 19.9. The van der Waals surface area contributed by atoms with Crippen LogP contribution in [0.15, 0.2) is 53.4 Å². The number of benzene rings is 2. The summed E-state index contributed by atoms with van der Waals surface area (Å²) in [5, 5.41) is 29.2. The van der Waals surface area contributed by atoms with E-state index in [0.29, 0.717) is 6.42 Å². The smallest absolute Gasteiger partial charge is 0.626 e. The monoisotopic (exact) mass is 554 g/mol. The van der Waals surface area contributed by atoms with Gasteiger partial charge in [-0.2, -0.15) is 0 Å². The molecule has 35 heavy (non-hydrogen) atoms. The minimum Gasteiger partial charge on any atom is -0.626 e. The molecule has 0 aliphatic rings. The molecule has 1 radical (unpaired) electrons. The van der Waals surface area contributed by atoms with Crippen LogP contribution in [-0.2, 0) is 47.9 Å². The number of rotatable bonds is 12. The molecule has 0 aliphatic heterocycles. The molecule has 2 amide bonds. The molecule has 0 fully saturated rings. The fourth-order valence-electron chi connectivity index (χ4n) is 2.91. The summed E-state index contributed by atoms with van der Waals surface area (Å²) < 4.78 is 22.6. The van der Waals surface area contributed by atoms with Gasteiger partial charge in [0.1, 0.15) is 0 Å². The largest absolute Gasteiger partial charge is 2.00 e. The Labute approximate surface area is 212 Å². The van der Waals surface area contributed by atoms with E-state index >= 15 is 0 Å². The predicted octanol–water partition coefficient (Wildman–Crippen LogP) is 0.307. The molecule has 191 valence electrons. The molecule has 0 saturated carbocycles. The average Bonchev–Trinajstić information content (AvgIpc) is 2.72. The van der Waals surface area contributed by atoms with E-state index in [1.807, 2.05) is 0 Å². The first kappa shape index (κ1) is 29.7. The van der Waals surface area contributed by atoms with Crippen LogP contribution in [0.2, 0.25) is 0 Å². The molecule has 0 unspecified atom stereocenters. The zero-order chi connectivity index (χ0) is 25.3. The van der Waals surface area contributed by atoms with Crippen molar-refractivity contribution in [3.8, 4) is 0 Å². The Hall–Kier alpha value is -3.29. The van der Waals surface area contributed by atoms with Crippen LogP contribution in [0.3, 0.4) is 0 Å². The van der Waals surface area contributed by atoms with E-state index in [1.54, 1.807) is 12.1 Å². The number of nitrogens with zero attached hydrogens (tertiary/aromatic N) is 2. The van der Waals surface area contributed by atoms with Crippen LogP contribution in [0.4, 0.5) is 5.69 Å². The maximum atomic E-state index is 12.4. The summed E-state index contributed by atoms with van der Waals surface area (Å²) in [6, 6.07) is 11.8. The van der Waals surface area contributed by atoms with Crippen molar-refractivity contribution in [1.82, 2.24) is 10.2 Å². The number of carboxylic acid groups (broad SMARTS) is 2. The number of hydrogen-bond acceptors (Lipinski definition) is 7. The first-order valence-electron chi connectivity index (χ1n) is 9.84. The molecule has 2 aromatic carbocycles. The SMILES string of the molecule is NS(=O)(=O)c1ccc(CCNC(=O)c2cccc([N-]C(=O)CN(CC(=O)O)CC(=O)O)c2)cc1.[Cu+2]. The van der Waals surface area contributed by atoms with Gasteiger partial charge in [-0.3, -0.25) is 19.3 Å². The van der Waals surface area contributed by atoms with E-state index < -0.39 is 53.4 Å². The summed E-state index contributed by atoms with van der Waals surface area (Å²) in [5.41, 5.74) is 1.17. The number of nitrogens with one attached hydrogen (secondary N) is 1. The number of hydrogen-bond donors (Lipinski definition) is 4. The second-order valence-corrected chi connectivity index (χ2v) is 8.74. The molecular formula is C21H23CuN4O8S+. The molecule has 0 heterocycles. The Morgan fingerprint density at radius 1 is 0.943 bits per heavy atom. The number of amides is 2. The van der Waals surface area contributed by atoms with Crippen molar-refractivity contribution < 1.29 is 54.9 Å². The van der Waals surface area contributed by atoms with Crippen LogP contribution in [-0.4, -0.2) is 73.5 Å². The molecule has 14 heteroatoms. The Balaban J connectivity index is 0.00000612. The maximum absolute atomic E-state index is 12.4. The van der Waals surface area contributed by atoms with Crippen molar-refractivity contribution in [3.63, 3.8) is 0 Å². The van der Waals surface area contributed by atoms with Gasteiger partial charge in [0.05, 0.1) is 23.9 Å². The summed E-state index contributed by atoms with van der Waals surface area (Å²) in [4.78, 5) is 47.1. The van der Waals surface area contributed by atoms with Gasteiger partial charge in [0, 0.05) is 18.7 Å². The van der Waals surface area contributed by atoms with Crippen molar-refractivity contribution in [2.24, 2.45) is 5.14 Å².